The van der Waals surface area contributed by atoms with E-state index in [1.54, 1.807) is 0 Å². The molecule has 0 aromatic rings. The molecule has 0 bridgehead atoms. The molecule has 0 atom stereocenters. The van der Waals surface area contributed by atoms with Crippen molar-refractivity contribution in [3.63, 3.8) is 0 Å². The molecule has 0 saturated carbocycles. The van der Waals surface area contributed by atoms with Gasteiger partial charge in [0.05, 0.1) is 0 Å². The molecular formula is F6NiW-4. The summed E-state index contributed by atoms with van der Waals surface area (Å²) in [6.07, 6.45) is 0. The van der Waals surface area contributed by atoms with Gasteiger partial charge in [0, 0.05) is 21.1 Å². The topological polar surface area (TPSA) is 0 Å². The van der Waals surface area contributed by atoms with Crippen molar-refractivity contribution in [1.82, 2.24) is 0 Å². The quantitative estimate of drug-likeness (QED) is 0.299. The van der Waals surface area contributed by atoms with Gasteiger partial charge in [-0.25, -0.2) is 0 Å². The third-order valence-corrected chi connectivity index (χ3v) is 0. The molecule has 0 fully saturated rings. The summed E-state index contributed by atoms with van der Waals surface area (Å²) in [5.41, 5.74) is 0. The summed E-state index contributed by atoms with van der Waals surface area (Å²) >= 11 is 0. The first-order chi connectivity index (χ1) is 0. The van der Waals surface area contributed by atoms with E-state index in [2.05, 4.69) is 0 Å². The maximum absolute atomic E-state index is 0. The van der Waals surface area contributed by atoms with E-state index in [4.69, 9.17) is 0 Å². The summed E-state index contributed by atoms with van der Waals surface area (Å²) in [5, 5.41) is 0. The van der Waals surface area contributed by atoms with Crippen LogP contribution in [0.15, 0.2) is 0 Å². The molecule has 0 aromatic carbocycles. The van der Waals surface area contributed by atoms with Crippen molar-refractivity contribution in [2.75, 3.05) is 0 Å². The van der Waals surface area contributed by atoms with Crippen molar-refractivity contribution in [2.24, 2.45) is 0 Å². The monoisotopic (exact) mass is 356 g/mol. The van der Waals surface area contributed by atoms with Crippen molar-refractivity contribution in [3.05, 3.63) is 0 Å². The minimum atomic E-state index is 0. The van der Waals surface area contributed by atoms with Gasteiger partial charge in [-0.1, -0.05) is 0 Å². The van der Waals surface area contributed by atoms with Crippen molar-refractivity contribution in [3.8, 4) is 0 Å². The molecule has 0 nitrogen and oxygen atoms in total. The zero-order chi connectivity index (χ0) is 0. The molecule has 0 unspecified atom stereocenters. The minimum absolute atomic E-state index is 0. The molecular weight excluding hydrogens is 357 g/mol. The molecule has 0 amide bonds. The predicted octanol–water partition coefficient (Wildman–Crippen LogP) is -18.0. The summed E-state index contributed by atoms with van der Waals surface area (Å²) in [6.45, 7) is 0. The number of hydrogen-bond acceptors (Lipinski definition) is 0. The van der Waals surface area contributed by atoms with E-state index in [-0.39, 0.29) is 65.8 Å². The van der Waals surface area contributed by atoms with E-state index < -0.39 is 0 Å². The zero-order valence-electron chi connectivity index (χ0n) is 2.99. The molecule has 0 spiro atoms. The maximum Gasteiger partial charge on any atom is 2.00 e. The van der Waals surface area contributed by atoms with Gasteiger partial charge in [-0.3, -0.25) is 0 Å². The third kappa shape index (κ3) is 387. The van der Waals surface area contributed by atoms with Crippen molar-refractivity contribution in [1.29, 1.82) is 0 Å². The van der Waals surface area contributed by atoms with Gasteiger partial charge >= 0.3 is 16.5 Å². The van der Waals surface area contributed by atoms with E-state index in [1.807, 2.05) is 0 Å². The van der Waals surface area contributed by atoms with E-state index in [0.29, 0.717) is 0 Å². The van der Waals surface area contributed by atoms with Gasteiger partial charge in [0.15, 0.2) is 0 Å². The fourth-order valence-electron chi connectivity index (χ4n) is 0. The fourth-order valence-corrected chi connectivity index (χ4v) is 0. The minimum Gasteiger partial charge on any atom is -1.00 e. The maximum atomic E-state index is 0. The predicted molar refractivity (Wildman–Crippen MR) is 0 cm³/mol. The van der Waals surface area contributed by atoms with Crippen LogP contribution in [0.4, 0.5) is 0 Å². The molecule has 0 radical (unpaired) electrons. The Bertz CT molecular complexity index is 8.49. The van der Waals surface area contributed by atoms with Gasteiger partial charge in [0.1, 0.15) is 0 Å². The van der Waals surface area contributed by atoms with Crippen LogP contribution in [0.25, 0.3) is 0 Å². The van der Waals surface area contributed by atoms with Gasteiger partial charge in [0.2, 0.25) is 0 Å². The fraction of sp³-hybridized carbons (Fsp3) is 0. The van der Waals surface area contributed by atoms with Crippen LogP contribution < -0.4 is 28.2 Å². The molecule has 8 heteroatoms. The average molecular weight is 357 g/mol. The van der Waals surface area contributed by atoms with E-state index in [1.165, 1.54) is 0 Å². The van der Waals surface area contributed by atoms with Crippen molar-refractivity contribution >= 4 is 0 Å². The van der Waals surface area contributed by atoms with Crippen LogP contribution in [0.3, 0.4) is 0 Å². The van der Waals surface area contributed by atoms with Crippen LogP contribution in [0.2, 0.25) is 0 Å². The van der Waals surface area contributed by atoms with E-state index in [9.17, 15) is 0 Å². The molecule has 0 N–H and O–H groups in total. The second kappa shape index (κ2) is 611. The van der Waals surface area contributed by atoms with Crippen LogP contribution in [0, 0.1) is 0 Å². The molecule has 0 aliphatic carbocycles. The second-order valence-electron chi connectivity index (χ2n) is 0. The number of hydrogen-bond donors (Lipinski definition) is 0. The number of halogens is 6. The molecule has 0 aromatic heterocycles. The number of rotatable bonds is 0. The summed E-state index contributed by atoms with van der Waals surface area (Å²) in [4.78, 5) is 0. The SMILES string of the molecule is [F-].[F-].[F-].[F-].[F-].[F-].[Ni+2].[W]. The smallest absolute Gasteiger partial charge is 1.00 e. The van der Waals surface area contributed by atoms with E-state index in [0.717, 1.165) is 0 Å². The Balaban J connectivity index is 0. The van der Waals surface area contributed by atoms with Gasteiger partial charge < -0.3 is 28.2 Å². The van der Waals surface area contributed by atoms with Crippen LogP contribution in [0.5, 0.6) is 0 Å². The molecule has 62 valence electrons. The van der Waals surface area contributed by atoms with Gasteiger partial charge in [0.25, 0.3) is 0 Å². The van der Waals surface area contributed by atoms with Crippen LogP contribution >= 0.6 is 0 Å². The Hall–Kier alpha value is 0.762. The summed E-state index contributed by atoms with van der Waals surface area (Å²) in [5.74, 6) is 0. The molecule has 0 heterocycles. The molecule has 0 saturated heterocycles. The molecule has 8 heavy (non-hydrogen) atoms. The van der Waals surface area contributed by atoms with Crippen LogP contribution in [-0.4, -0.2) is 0 Å². The summed E-state index contributed by atoms with van der Waals surface area (Å²) < 4.78 is 0. The summed E-state index contributed by atoms with van der Waals surface area (Å²) in [7, 11) is 0. The van der Waals surface area contributed by atoms with Gasteiger partial charge in [-0.2, -0.15) is 0 Å². The second-order valence-corrected chi connectivity index (χ2v) is 0. The Morgan fingerprint density at radius 1 is 0.375 bits per heavy atom. The summed E-state index contributed by atoms with van der Waals surface area (Å²) in [6, 6.07) is 0. The van der Waals surface area contributed by atoms with E-state index >= 15 is 0 Å². The van der Waals surface area contributed by atoms with Gasteiger partial charge in [-0.15, -0.1) is 0 Å². The van der Waals surface area contributed by atoms with Crippen LogP contribution in [0.1, 0.15) is 0 Å². The third-order valence-electron chi connectivity index (χ3n) is 0. The van der Waals surface area contributed by atoms with Crippen LogP contribution in [-0.2, 0) is 37.6 Å². The first-order valence-electron chi connectivity index (χ1n) is 0. The zero-order valence-corrected chi connectivity index (χ0v) is 6.91. The molecule has 0 aliphatic heterocycles. The normalized spacial score (nSPS) is 0. The molecule has 0 aliphatic rings. The molecule has 0 rings (SSSR count). The van der Waals surface area contributed by atoms with Crippen molar-refractivity contribution < 1.29 is 65.8 Å². The Morgan fingerprint density at radius 2 is 0.375 bits per heavy atom. The first kappa shape index (κ1) is 910. The first-order valence-corrected chi connectivity index (χ1v) is 0. The Morgan fingerprint density at radius 3 is 0.375 bits per heavy atom. The Kier molecular flexibility index (Phi) is 69500. The average Bonchev–Trinajstić information content (AvgIpc) is 0. The standard InChI is InChI=1S/6FH.Ni.W/h6*1H;;/q;;;;;;+2;/p-6. The van der Waals surface area contributed by atoms with Gasteiger partial charge in [-0.05, 0) is 0 Å². The van der Waals surface area contributed by atoms with Crippen molar-refractivity contribution in [2.45, 2.75) is 0 Å². The Labute approximate surface area is 66.2 Å². The largest absolute Gasteiger partial charge is 2.00 e.